The molecule has 2 nitrogen and oxygen atoms in total. The van der Waals surface area contributed by atoms with E-state index in [9.17, 15) is 0 Å². The van der Waals surface area contributed by atoms with Gasteiger partial charge in [-0.1, -0.05) is 49.7 Å². The van der Waals surface area contributed by atoms with E-state index in [1.165, 1.54) is 0 Å². The predicted molar refractivity (Wildman–Crippen MR) is 76.3 cm³/mol. The van der Waals surface area contributed by atoms with Crippen LogP contribution in [0.5, 0.6) is 5.75 Å². The molecule has 0 bridgehead atoms. The number of nitrogens with two attached hydrogens (primary N) is 1. The average molecular weight is 300 g/mol. The fourth-order valence-electron chi connectivity index (χ4n) is 1.81. The maximum absolute atomic E-state index is 6.15. The summed E-state index contributed by atoms with van der Waals surface area (Å²) in [6.07, 6.45) is 0.928. The summed E-state index contributed by atoms with van der Waals surface area (Å²) in [5, 5.41) is 0. The Bertz CT molecular complexity index is 359. The van der Waals surface area contributed by atoms with E-state index in [1.807, 2.05) is 24.3 Å². The lowest BCUT2D eigenvalue weighted by Gasteiger charge is -2.35. The standard InChI is InChI=1S/C14H22BrNO/c1-5-12(16)13(14(2,3)4)17-11-8-6-7-10(15)9-11/h6-9,12-13H,5,16H2,1-4H3. The highest BCUT2D eigenvalue weighted by Crippen LogP contribution is 2.28. The van der Waals surface area contributed by atoms with Crippen molar-refractivity contribution in [2.45, 2.75) is 46.3 Å². The highest BCUT2D eigenvalue weighted by molar-refractivity contribution is 9.10. The second kappa shape index (κ2) is 5.87. The molecular formula is C14H22BrNO. The molecule has 3 heteroatoms. The van der Waals surface area contributed by atoms with Crippen molar-refractivity contribution in [2.75, 3.05) is 0 Å². The molecule has 0 fully saturated rings. The van der Waals surface area contributed by atoms with Gasteiger partial charge in [0.15, 0.2) is 0 Å². The van der Waals surface area contributed by atoms with E-state index in [0.29, 0.717) is 0 Å². The van der Waals surface area contributed by atoms with E-state index in [-0.39, 0.29) is 17.6 Å². The summed E-state index contributed by atoms with van der Waals surface area (Å²) in [6.45, 7) is 8.56. The van der Waals surface area contributed by atoms with Gasteiger partial charge in [-0.25, -0.2) is 0 Å². The van der Waals surface area contributed by atoms with Crippen LogP contribution in [0.2, 0.25) is 0 Å². The third-order valence-electron chi connectivity index (χ3n) is 2.77. The summed E-state index contributed by atoms with van der Waals surface area (Å²) < 4.78 is 7.08. The van der Waals surface area contributed by atoms with Gasteiger partial charge in [0, 0.05) is 15.9 Å². The first-order valence-electron chi connectivity index (χ1n) is 6.02. The van der Waals surface area contributed by atoms with Gasteiger partial charge in [-0.3, -0.25) is 0 Å². The van der Waals surface area contributed by atoms with Crippen molar-refractivity contribution in [2.24, 2.45) is 11.1 Å². The first-order chi connectivity index (χ1) is 7.84. The zero-order valence-electron chi connectivity index (χ0n) is 11.0. The van der Waals surface area contributed by atoms with Gasteiger partial charge in [0.1, 0.15) is 11.9 Å². The van der Waals surface area contributed by atoms with Crippen LogP contribution in [0.15, 0.2) is 28.7 Å². The van der Waals surface area contributed by atoms with Crippen LogP contribution in [0.1, 0.15) is 34.1 Å². The van der Waals surface area contributed by atoms with Crippen molar-refractivity contribution < 1.29 is 4.74 Å². The molecule has 0 spiro atoms. The molecule has 0 radical (unpaired) electrons. The number of halogens is 1. The zero-order valence-corrected chi connectivity index (χ0v) is 12.6. The van der Waals surface area contributed by atoms with E-state index in [2.05, 4.69) is 43.6 Å². The monoisotopic (exact) mass is 299 g/mol. The van der Waals surface area contributed by atoms with Gasteiger partial charge in [0.05, 0.1) is 0 Å². The Hall–Kier alpha value is -0.540. The summed E-state index contributed by atoms with van der Waals surface area (Å²) >= 11 is 3.45. The van der Waals surface area contributed by atoms with Gasteiger partial charge in [0.2, 0.25) is 0 Å². The molecule has 1 rings (SSSR count). The maximum atomic E-state index is 6.15. The maximum Gasteiger partial charge on any atom is 0.120 e. The van der Waals surface area contributed by atoms with Crippen molar-refractivity contribution >= 4 is 15.9 Å². The lowest BCUT2D eigenvalue weighted by Crippen LogP contribution is -2.47. The molecule has 0 aromatic heterocycles. The van der Waals surface area contributed by atoms with Gasteiger partial charge in [-0.15, -0.1) is 0 Å². The highest BCUT2D eigenvalue weighted by atomic mass is 79.9. The summed E-state index contributed by atoms with van der Waals surface area (Å²) in [5.41, 5.74) is 6.18. The molecule has 96 valence electrons. The van der Waals surface area contributed by atoms with Crippen LogP contribution < -0.4 is 10.5 Å². The number of hydrogen-bond acceptors (Lipinski definition) is 2. The Balaban J connectivity index is 2.87. The molecule has 1 aromatic rings. The molecule has 0 heterocycles. The normalized spacial score (nSPS) is 15.4. The highest BCUT2D eigenvalue weighted by Gasteiger charge is 2.31. The SMILES string of the molecule is CCC(N)C(Oc1cccc(Br)c1)C(C)(C)C. The molecule has 0 aliphatic rings. The molecule has 2 unspecified atom stereocenters. The van der Waals surface area contributed by atoms with Gasteiger partial charge in [-0.2, -0.15) is 0 Å². The third kappa shape index (κ3) is 4.32. The second-order valence-corrected chi connectivity index (χ2v) is 6.35. The lowest BCUT2D eigenvalue weighted by molar-refractivity contribution is 0.0621. The van der Waals surface area contributed by atoms with Crippen LogP contribution in [0, 0.1) is 5.41 Å². The molecular weight excluding hydrogens is 278 g/mol. The number of hydrogen-bond donors (Lipinski definition) is 1. The van der Waals surface area contributed by atoms with Crippen LogP contribution in [0.4, 0.5) is 0 Å². The number of ether oxygens (including phenoxy) is 1. The van der Waals surface area contributed by atoms with Crippen LogP contribution in [0.25, 0.3) is 0 Å². The van der Waals surface area contributed by atoms with Crippen molar-refractivity contribution in [3.05, 3.63) is 28.7 Å². The molecule has 2 atom stereocenters. The third-order valence-corrected chi connectivity index (χ3v) is 3.27. The average Bonchev–Trinajstić information content (AvgIpc) is 2.23. The van der Waals surface area contributed by atoms with E-state index < -0.39 is 0 Å². The van der Waals surface area contributed by atoms with Gasteiger partial charge in [0.25, 0.3) is 0 Å². The Morgan fingerprint density at radius 2 is 2.00 bits per heavy atom. The number of benzene rings is 1. The summed E-state index contributed by atoms with van der Waals surface area (Å²) in [6, 6.07) is 7.94. The summed E-state index contributed by atoms with van der Waals surface area (Å²) in [7, 11) is 0. The second-order valence-electron chi connectivity index (χ2n) is 5.43. The minimum Gasteiger partial charge on any atom is -0.488 e. The van der Waals surface area contributed by atoms with Crippen molar-refractivity contribution in [1.82, 2.24) is 0 Å². The summed E-state index contributed by atoms with van der Waals surface area (Å²) in [5.74, 6) is 0.864. The topological polar surface area (TPSA) is 35.2 Å². The lowest BCUT2D eigenvalue weighted by atomic mass is 9.84. The first-order valence-corrected chi connectivity index (χ1v) is 6.81. The fourth-order valence-corrected chi connectivity index (χ4v) is 2.19. The largest absolute Gasteiger partial charge is 0.488 e. The molecule has 0 aliphatic heterocycles. The first kappa shape index (κ1) is 14.5. The molecule has 0 saturated carbocycles. The summed E-state index contributed by atoms with van der Waals surface area (Å²) in [4.78, 5) is 0. The van der Waals surface area contributed by atoms with Crippen molar-refractivity contribution in [1.29, 1.82) is 0 Å². The Morgan fingerprint density at radius 3 is 2.47 bits per heavy atom. The van der Waals surface area contributed by atoms with Crippen molar-refractivity contribution in [3.8, 4) is 5.75 Å². The van der Waals surface area contributed by atoms with E-state index in [4.69, 9.17) is 10.5 Å². The minimum atomic E-state index is 0.0156. The van der Waals surface area contributed by atoms with Gasteiger partial charge < -0.3 is 10.5 Å². The minimum absolute atomic E-state index is 0.0156. The van der Waals surface area contributed by atoms with E-state index in [1.54, 1.807) is 0 Å². The van der Waals surface area contributed by atoms with E-state index >= 15 is 0 Å². The van der Waals surface area contributed by atoms with Crippen LogP contribution in [0.3, 0.4) is 0 Å². The number of rotatable bonds is 4. The Labute approximate surface area is 113 Å². The van der Waals surface area contributed by atoms with Crippen LogP contribution in [-0.2, 0) is 0 Å². The Kier molecular flexibility index (Phi) is 5.02. The molecule has 0 amide bonds. The molecule has 0 aliphatic carbocycles. The van der Waals surface area contributed by atoms with E-state index in [0.717, 1.165) is 16.6 Å². The Morgan fingerprint density at radius 1 is 1.35 bits per heavy atom. The smallest absolute Gasteiger partial charge is 0.120 e. The van der Waals surface area contributed by atoms with Crippen LogP contribution in [-0.4, -0.2) is 12.1 Å². The fraction of sp³-hybridized carbons (Fsp3) is 0.571. The molecule has 2 N–H and O–H groups in total. The zero-order chi connectivity index (χ0) is 13.1. The quantitative estimate of drug-likeness (QED) is 0.913. The molecule has 17 heavy (non-hydrogen) atoms. The van der Waals surface area contributed by atoms with Gasteiger partial charge in [-0.05, 0) is 24.6 Å². The molecule has 0 saturated heterocycles. The van der Waals surface area contributed by atoms with Crippen molar-refractivity contribution in [3.63, 3.8) is 0 Å². The van der Waals surface area contributed by atoms with Gasteiger partial charge >= 0.3 is 0 Å². The predicted octanol–water partition coefficient (Wildman–Crippen LogP) is 3.98. The van der Waals surface area contributed by atoms with Crippen LogP contribution >= 0.6 is 15.9 Å². The molecule has 1 aromatic carbocycles.